The zero-order valence-corrected chi connectivity index (χ0v) is 17.8. The van der Waals surface area contributed by atoms with E-state index in [0.29, 0.717) is 13.1 Å². The highest BCUT2D eigenvalue weighted by Gasteiger charge is 2.23. The topological polar surface area (TPSA) is 83.4 Å². The first-order chi connectivity index (χ1) is 15.3. The normalized spacial score (nSPS) is 12.4. The molecule has 1 aliphatic heterocycles. The van der Waals surface area contributed by atoms with Gasteiger partial charge in [-0.2, -0.15) is 0 Å². The Morgan fingerprint density at radius 3 is 2.59 bits per heavy atom. The van der Waals surface area contributed by atoms with Gasteiger partial charge in [0.05, 0.1) is 6.42 Å². The Hall–Kier alpha value is -3.94. The zero-order valence-electron chi connectivity index (χ0n) is 17.8. The van der Waals surface area contributed by atoms with E-state index >= 15 is 0 Å². The summed E-state index contributed by atoms with van der Waals surface area (Å²) in [6, 6.07) is 13.2. The van der Waals surface area contributed by atoms with Gasteiger partial charge in [0, 0.05) is 38.9 Å². The molecule has 0 saturated carbocycles. The van der Waals surface area contributed by atoms with Gasteiger partial charge in [0.25, 0.3) is 5.56 Å². The van der Waals surface area contributed by atoms with E-state index in [0.717, 1.165) is 27.8 Å². The number of urea groups is 1. The first-order valence-corrected chi connectivity index (χ1v) is 10.2. The van der Waals surface area contributed by atoms with Gasteiger partial charge in [-0.25, -0.2) is 9.18 Å². The van der Waals surface area contributed by atoms with Gasteiger partial charge in [-0.1, -0.05) is 30.3 Å². The molecule has 0 spiro atoms. The van der Waals surface area contributed by atoms with E-state index < -0.39 is 6.03 Å². The van der Waals surface area contributed by atoms with Crippen molar-refractivity contribution in [2.75, 3.05) is 12.4 Å². The molecule has 164 valence electrons. The summed E-state index contributed by atoms with van der Waals surface area (Å²) in [5.74, 6) is -0.338. The van der Waals surface area contributed by atoms with E-state index in [1.54, 1.807) is 30.3 Å². The number of anilines is 1. The summed E-state index contributed by atoms with van der Waals surface area (Å²) < 4.78 is 14.9. The number of hydrogen-bond acceptors (Lipinski definition) is 3. The van der Waals surface area contributed by atoms with Crippen LogP contribution in [0.25, 0.3) is 11.1 Å². The van der Waals surface area contributed by atoms with Gasteiger partial charge in [0.2, 0.25) is 5.91 Å². The van der Waals surface area contributed by atoms with Crippen LogP contribution < -0.4 is 16.2 Å². The maximum Gasteiger partial charge on any atom is 0.319 e. The molecule has 2 N–H and O–H groups in total. The van der Waals surface area contributed by atoms with Crippen LogP contribution in [0.5, 0.6) is 0 Å². The molecule has 0 bridgehead atoms. The van der Waals surface area contributed by atoms with Gasteiger partial charge in [-0.05, 0) is 40.5 Å². The molecular weight excluding hydrogens is 411 g/mol. The van der Waals surface area contributed by atoms with Gasteiger partial charge in [-0.3, -0.25) is 9.59 Å². The number of fused-ring (bicyclic) bond motifs is 1. The molecule has 8 heteroatoms. The van der Waals surface area contributed by atoms with Gasteiger partial charge in [-0.15, -0.1) is 0 Å². The molecule has 1 aliphatic rings. The van der Waals surface area contributed by atoms with E-state index in [1.807, 2.05) is 24.3 Å². The number of benzene rings is 2. The van der Waals surface area contributed by atoms with Crippen LogP contribution in [0.3, 0.4) is 0 Å². The predicted molar refractivity (Wildman–Crippen MR) is 120 cm³/mol. The molecule has 1 aromatic heterocycles. The molecular formula is C24H23FN4O3. The quantitative estimate of drug-likeness (QED) is 0.662. The second-order valence-electron chi connectivity index (χ2n) is 7.80. The van der Waals surface area contributed by atoms with Gasteiger partial charge >= 0.3 is 6.03 Å². The standard InChI is InChI=1S/C24H23FN4O3/c1-26-24(32)27-21-11-19(12-28(2)23(21)31)16-5-3-4-15(8-16)9-22(30)29-13-17-6-7-20(25)10-18(17)14-29/h3-8,10-12H,9,13-14H2,1-2H3,(H2,26,27,32). The monoisotopic (exact) mass is 434 g/mol. The molecule has 2 aromatic carbocycles. The average Bonchev–Trinajstić information content (AvgIpc) is 3.20. The Morgan fingerprint density at radius 1 is 1.03 bits per heavy atom. The first-order valence-electron chi connectivity index (χ1n) is 10.2. The van der Waals surface area contributed by atoms with Gasteiger partial charge < -0.3 is 20.1 Å². The minimum absolute atomic E-state index is 0.0406. The largest absolute Gasteiger partial charge is 0.341 e. The first kappa shape index (κ1) is 21.3. The van der Waals surface area contributed by atoms with Gasteiger partial charge in [0.1, 0.15) is 11.5 Å². The molecule has 0 fully saturated rings. The van der Waals surface area contributed by atoms with Crippen molar-refractivity contribution in [1.82, 2.24) is 14.8 Å². The van der Waals surface area contributed by atoms with Crippen LogP contribution >= 0.6 is 0 Å². The lowest BCUT2D eigenvalue weighted by molar-refractivity contribution is -0.131. The summed E-state index contributed by atoms with van der Waals surface area (Å²) >= 11 is 0. The Labute approximate surface area is 184 Å². The predicted octanol–water partition coefficient (Wildman–Crippen LogP) is 3.03. The van der Waals surface area contributed by atoms with Crippen LogP contribution in [-0.4, -0.2) is 28.5 Å². The number of halogens is 1. The molecule has 4 rings (SSSR count). The number of hydrogen-bond donors (Lipinski definition) is 2. The Balaban J connectivity index is 1.54. The molecule has 3 aromatic rings. The Morgan fingerprint density at radius 2 is 1.81 bits per heavy atom. The van der Waals surface area contributed by atoms with Crippen LogP contribution in [0.1, 0.15) is 16.7 Å². The lowest BCUT2D eigenvalue weighted by atomic mass is 10.0. The lowest BCUT2D eigenvalue weighted by Crippen LogP contribution is -2.29. The number of pyridine rings is 1. The van der Waals surface area contributed by atoms with Crippen LogP contribution in [0.2, 0.25) is 0 Å². The van der Waals surface area contributed by atoms with E-state index in [4.69, 9.17) is 0 Å². The highest BCUT2D eigenvalue weighted by Crippen LogP contribution is 2.26. The molecule has 2 heterocycles. The summed E-state index contributed by atoms with van der Waals surface area (Å²) in [4.78, 5) is 38.6. The molecule has 32 heavy (non-hydrogen) atoms. The fourth-order valence-corrected chi connectivity index (χ4v) is 3.83. The number of rotatable bonds is 4. The highest BCUT2D eigenvalue weighted by molar-refractivity contribution is 5.89. The maximum atomic E-state index is 13.5. The number of nitrogens with one attached hydrogen (secondary N) is 2. The fourth-order valence-electron chi connectivity index (χ4n) is 3.83. The number of amides is 3. The van der Waals surface area contributed by atoms with E-state index in [-0.39, 0.29) is 29.4 Å². The van der Waals surface area contributed by atoms with Crippen LogP contribution in [0.4, 0.5) is 14.9 Å². The van der Waals surface area contributed by atoms with Crippen molar-refractivity contribution in [3.05, 3.63) is 87.6 Å². The Kier molecular flexibility index (Phi) is 5.77. The number of carbonyl (C=O) groups excluding carboxylic acids is 2. The molecule has 0 atom stereocenters. The summed E-state index contributed by atoms with van der Waals surface area (Å²) in [5.41, 5.74) is 4.02. The van der Waals surface area contributed by atoms with Crippen LogP contribution in [-0.2, 0) is 31.4 Å². The summed E-state index contributed by atoms with van der Waals surface area (Å²) in [5, 5.41) is 4.96. The maximum absolute atomic E-state index is 13.5. The number of aryl methyl sites for hydroxylation is 1. The van der Waals surface area contributed by atoms with E-state index in [1.165, 1.54) is 23.7 Å². The van der Waals surface area contributed by atoms with Crippen molar-refractivity contribution in [2.45, 2.75) is 19.5 Å². The third-order valence-corrected chi connectivity index (χ3v) is 5.52. The van der Waals surface area contributed by atoms with Crippen LogP contribution in [0.15, 0.2) is 59.5 Å². The Bertz CT molecular complexity index is 1270. The average molecular weight is 434 g/mol. The third kappa shape index (κ3) is 4.39. The van der Waals surface area contributed by atoms with Crippen molar-refractivity contribution >= 4 is 17.6 Å². The van der Waals surface area contributed by atoms with Crippen molar-refractivity contribution in [2.24, 2.45) is 7.05 Å². The van der Waals surface area contributed by atoms with Crippen LogP contribution in [0, 0.1) is 5.82 Å². The third-order valence-electron chi connectivity index (χ3n) is 5.52. The second kappa shape index (κ2) is 8.66. The van der Waals surface area contributed by atoms with Crippen molar-refractivity contribution in [3.8, 4) is 11.1 Å². The van der Waals surface area contributed by atoms with Gasteiger partial charge in [0.15, 0.2) is 0 Å². The molecule has 0 radical (unpaired) electrons. The van der Waals surface area contributed by atoms with Crippen molar-refractivity contribution < 1.29 is 14.0 Å². The highest BCUT2D eigenvalue weighted by atomic mass is 19.1. The minimum atomic E-state index is -0.481. The molecule has 7 nitrogen and oxygen atoms in total. The van der Waals surface area contributed by atoms with Crippen molar-refractivity contribution in [3.63, 3.8) is 0 Å². The van der Waals surface area contributed by atoms with Crippen molar-refractivity contribution in [1.29, 1.82) is 0 Å². The lowest BCUT2D eigenvalue weighted by Gasteiger charge is -2.16. The summed E-state index contributed by atoms with van der Waals surface area (Å²) in [7, 11) is 3.08. The molecule has 0 unspecified atom stereocenters. The smallest absolute Gasteiger partial charge is 0.319 e. The summed E-state index contributed by atoms with van der Waals surface area (Å²) in [6.07, 6.45) is 1.89. The second-order valence-corrected chi connectivity index (χ2v) is 7.80. The van der Waals surface area contributed by atoms with E-state index in [2.05, 4.69) is 10.6 Å². The number of carbonyl (C=O) groups is 2. The summed E-state index contributed by atoms with van der Waals surface area (Å²) in [6.45, 7) is 0.879. The zero-order chi connectivity index (χ0) is 22.8. The minimum Gasteiger partial charge on any atom is -0.341 e. The fraction of sp³-hybridized carbons (Fsp3) is 0.208. The van der Waals surface area contributed by atoms with E-state index in [9.17, 15) is 18.8 Å². The number of nitrogens with zero attached hydrogens (tertiary/aromatic N) is 2. The molecule has 0 saturated heterocycles. The number of aromatic nitrogens is 1. The molecule has 3 amide bonds. The SMILES string of the molecule is CNC(=O)Nc1cc(-c2cccc(CC(=O)N3Cc4ccc(F)cc4C3)c2)cn(C)c1=O. The molecule has 0 aliphatic carbocycles.